The number of likely N-dealkylation sites (tertiary alicyclic amines) is 1. The Hall–Kier alpha value is -2.55. The molecule has 1 saturated heterocycles. The van der Waals surface area contributed by atoms with Gasteiger partial charge in [-0.05, 0) is 44.0 Å². The van der Waals surface area contributed by atoms with Crippen molar-refractivity contribution in [3.05, 3.63) is 66.4 Å². The van der Waals surface area contributed by atoms with Crippen LogP contribution in [0.3, 0.4) is 0 Å². The molecule has 0 atom stereocenters. The Kier molecular flexibility index (Phi) is 3.64. The molecule has 0 radical (unpaired) electrons. The van der Waals surface area contributed by atoms with E-state index in [1.807, 2.05) is 18.2 Å². The van der Waals surface area contributed by atoms with Crippen LogP contribution in [-0.2, 0) is 6.54 Å². The van der Waals surface area contributed by atoms with Gasteiger partial charge in [-0.3, -0.25) is 0 Å². The number of hydrogen-bond acceptors (Lipinski definition) is 1. The van der Waals surface area contributed by atoms with Crippen molar-refractivity contribution >= 4 is 22.4 Å². The standard InChI is InChI=1S/C21H23N3/c1-21(2)13-12-20(23-17-8-4-3-5-9-17)24(21)15-16-14-22-19-11-7-6-10-18(16)19/h3-11,14,22H,12-13,15H2,1-2H3/b23-20-. The summed E-state index contributed by atoms with van der Waals surface area (Å²) < 4.78 is 0. The molecule has 1 fully saturated rings. The number of nitrogens with zero attached hydrogens (tertiary/aromatic N) is 2. The number of rotatable bonds is 3. The smallest absolute Gasteiger partial charge is 0.106 e. The highest BCUT2D eigenvalue weighted by Crippen LogP contribution is 2.34. The third kappa shape index (κ3) is 2.71. The molecular weight excluding hydrogens is 294 g/mol. The van der Waals surface area contributed by atoms with Gasteiger partial charge in [0.2, 0.25) is 0 Å². The molecule has 0 amide bonds. The number of amidine groups is 1. The van der Waals surface area contributed by atoms with E-state index in [-0.39, 0.29) is 5.54 Å². The van der Waals surface area contributed by atoms with Crippen molar-refractivity contribution < 1.29 is 0 Å². The molecule has 2 heterocycles. The van der Waals surface area contributed by atoms with E-state index >= 15 is 0 Å². The molecule has 0 aliphatic carbocycles. The first-order valence-electron chi connectivity index (χ1n) is 8.59. The molecule has 3 aromatic rings. The van der Waals surface area contributed by atoms with Gasteiger partial charge in [0.25, 0.3) is 0 Å². The number of aromatic amines is 1. The van der Waals surface area contributed by atoms with Gasteiger partial charge in [0, 0.05) is 35.6 Å². The zero-order chi connectivity index (χ0) is 16.6. The minimum absolute atomic E-state index is 0.131. The van der Waals surface area contributed by atoms with E-state index in [0.717, 1.165) is 25.1 Å². The molecule has 0 spiro atoms. The normalized spacial score (nSPS) is 18.6. The first kappa shape index (κ1) is 15.0. The third-order valence-corrected chi connectivity index (χ3v) is 5.02. The number of aliphatic imine (C=N–C) groups is 1. The van der Waals surface area contributed by atoms with E-state index in [1.165, 1.54) is 22.3 Å². The number of fused-ring (bicyclic) bond motifs is 1. The van der Waals surface area contributed by atoms with Gasteiger partial charge < -0.3 is 9.88 Å². The van der Waals surface area contributed by atoms with Crippen molar-refractivity contribution in [1.29, 1.82) is 0 Å². The molecular formula is C21H23N3. The fraction of sp³-hybridized carbons (Fsp3) is 0.286. The van der Waals surface area contributed by atoms with Crippen molar-refractivity contribution in [2.45, 2.75) is 38.8 Å². The Morgan fingerprint density at radius 2 is 1.79 bits per heavy atom. The van der Waals surface area contributed by atoms with Crippen LogP contribution in [0.15, 0.2) is 65.8 Å². The highest BCUT2D eigenvalue weighted by atomic mass is 15.3. The molecule has 1 aromatic heterocycles. The van der Waals surface area contributed by atoms with Gasteiger partial charge in [0.05, 0.1) is 5.69 Å². The highest BCUT2D eigenvalue weighted by molar-refractivity contribution is 5.89. The SMILES string of the molecule is CC1(C)CC/C(=N/c2ccccc2)N1Cc1c[nH]c2ccccc12. The topological polar surface area (TPSA) is 31.4 Å². The van der Waals surface area contributed by atoms with E-state index in [4.69, 9.17) is 4.99 Å². The van der Waals surface area contributed by atoms with E-state index in [1.54, 1.807) is 0 Å². The van der Waals surface area contributed by atoms with Crippen LogP contribution in [0, 0.1) is 0 Å². The molecule has 4 rings (SSSR count). The third-order valence-electron chi connectivity index (χ3n) is 5.02. The second kappa shape index (κ2) is 5.82. The lowest BCUT2D eigenvalue weighted by Crippen LogP contribution is -2.40. The summed E-state index contributed by atoms with van der Waals surface area (Å²) in [6, 6.07) is 18.8. The molecule has 1 aliphatic rings. The molecule has 0 bridgehead atoms. The van der Waals surface area contributed by atoms with Gasteiger partial charge in [-0.1, -0.05) is 36.4 Å². The number of para-hydroxylation sites is 2. The number of nitrogens with one attached hydrogen (secondary N) is 1. The summed E-state index contributed by atoms with van der Waals surface area (Å²) in [4.78, 5) is 10.8. The lowest BCUT2D eigenvalue weighted by atomic mass is 10.0. The number of hydrogen-bond donors (Lipinski definition) is 1. The Morgan fingerprint density at radius 1 is 1.04 bits per heavy atom. The molecule has 24 heavy (non-hydrogen) atoms. The van der Waals surface area contributed by atoms with Crippen LogP contribution >= 0.6 is 0 Å². The van der Waals surface area contributed by atoms with Crippen LogP contribution in [-0.4, -0.2) is 21.3 Å². The summed E-state index contributed by atoms with van der Waals surface area (Å²) in [6.07, 6.45) is 4.31. The van der Waals surface area contributed by atoms with Gasteiger partial charge in [0.15, 0.2) is 0 Å². The van der Waals surface area contributed by atoms with Crippen LogP contribution in [0.25, 0.3) is 10.9 Å². The Balaban J connectivity index is 1.69. The lowest BCUT2D eigenvalue weighted by molar-refractivity contribution is 0.232. The predicted molar refractivity (Wildman–Crippen MR) is 101 cm³/mol. The van der Waals surface area contributed by atoms with Crippen molar-refractivity contribution in [2.75, 3.05) is 0 Å². The quantitative estimate of drug-likeness (QED) is 0.701. The van der Waals surface area contributed by atoms with Gasteiger partial charge in [0.1, 0.15) is 5.84 Å². The Bertz CT molecular complexity index is 874. The maximum Gasteiger partial charge on any atom is 0.106 e. The van der Waals surface area contributed by atoms with Gasteiger partial charge in [-0.25, -0.2) is 4.99 Å². The summed E-state index contributed by atoms with van der Waals surface area (Å²) in [7, 11) is 0. The average Bonchev–Trinajstić information content (AvgIpc) is 3.12. The van der Waals surface area contributed by atoms with Crippen molar-refractivity contribution in [2.24, 2.45) is 4.99 Å². The zero-order valence-corrected chi connectivity index (χ0v) is 14.3. The summed E-state index contributed by atoms with van der Waals surface area (Å²) in [5.41, 5.74) is 3.70. The van der Waals surface area contributed by atoms with Crippen molar-refractivity contribution in [3.63, 3.8) is 0 Å². The molecule has 2 aromatic carbocycles. The lowest BCUT2D eigenvalue weighted by Gasteiger charge is -2.33. The summed E-state index contributed by atoms with van der Waals surface area (Å²) in [5, 5.41) is 1.30. The Labute approximate surface area is 143 Å². The van der Waals surface area contributed by atoms with E-state index in [0.29, 0.717) is 0 Å². The minimum atomic E-state index is 0.131. The molecule has 3 heteroatoms. The van der Waals surface area contributed by atoms with Crippen LogP contribution in [0.1, 0.15) is 32.3 Å². The number of benzene rings is 2. The van der Waals surface area contributed by atoms with E-state index in [2.05, 4.69) is 66.3 Å². The number of aromatic nitrogens is 1. The first-order chi connectivity index (χ1) is 11.6. The van der Waals surface area contributed by atoms with Gasteiger partial charge >= 0.3 is 0 Å². The van der Waals surface area contributed by atoms with Crippen LogP contribution in [0.5, 0.6) is 0 Å². The maximum absolute atomic E-state index is 4.93. The predicted octanol–water partition coefficient (Wildman–Crippen LogP) is 5.27. The van der Waals surface area contributed by atoms with Gasteiger partial charge in [-0.2, -0.15) is 0 Å². The van der Waals surface area contributed by atoms with Crippen LogP contribution in [0.4, 0.5) is 5.69 Å². The Morgan fingerprint density at radius 3 is 2.62 bits per heavy atom. The van der Waals surface area contributed by atoms with Crippen LogP contribution in [0.2, 0.25) is 0 Å². The largest absolute Gasteiger partial charge is 0.361 e. The second-order valence-electron chi connectivity index (χ2n) is 7.12. The summed E-state index contributed by atoms with van der Waals surface area (Å²) >= 11 is 0. The fourth-order valence-electron chi connectivity index (χ4n) is 3.54. The fourth-order valence-corrected chi connectivity index (χ4v) is 3.54. The van der Waals surface area contributed by atoms with E-state index in [9.17, 15) is 0 Å². The maximum atomic E-state index is 4.93. The first-order valence-corrected chi connectivity index (χ1v) is 8.59. The minimum Gasteiger partial charge on any atom is -0.361 e. The number of H-pyrrole nitrogens is 1. The molecule has 3 nitrogen and oxygen atoms in total. The molecule has 0 unspecified atom stereocenters. The molecule has 1 aliphatic heterocycles. The monoisotopic (exact) mass is 317 g/mol. The average molecular weight is 317 g/mol. The van der Waals surface area contributed by atoms with Crippen molar-refractivity contribution in [3.8, 4) is 0 Å². The summed E-state index contributed by atoms with van der Waals surface area (Å²) in [5.74, 6) is 1.19. The van der Waals surface area contributed by atoms with Crippen molar-refractivity contribution in [1.82, 2.24) is 9.88 Å². The highest BCUT2D eigenvalue weighted by Gasteiger charge is 2.36. The summed E-state index contributed by atoms with van der Waals surface area (Å²) in [6.45, 7) is 5.52. The molecule has 0 saturated carbocycles. The molecule has 122 valence electrons. The van der Waals surface area contributed by atoms with Crippen LogP contribution < -0.4 is 0 Å². The van der Waals surface area contributed by atoms with E-state index < -0.39 is 0 Å². The van der Waals surface area contributed by atoms with Gasteiger partial charge in [-0.15, -0.1) is 0 Å². The molecule has 1 N–H and O–H groups in total. The zero-order valence-electron chi connectivity index (χ0n) is 14.3. The second-order valence-corrected chi connectivity index (χ2v) is 7.12.